The zero-order valence-electron chi connectivity index (χ0n) is 18.3. The lowest BCUT2D eigenvalue weighted by Gasteiger charge is -2.12. The Labute approximate surface area is 205 Å². The molecule has 2 aromatic carbocycles. The van der Waals surface area contributed by atoms with Gasteiger partial charge in [-0.15, -0.1) is 10.2 Å². The number of halogens is 2. The molecule has 4 rings (SSSR count). The molecule has 0 radical (unpaired) electrons. The van der Waals surface area contributed by atoms with Crippen LogP contribution in [0, 0.1) is 25.2 Å². The summed E-state index contributed by atoms with van der Waals surface area (Å²) in [6.45, 7) is 3.50. The van der Waals surface area contributed by atoms with E-state index >= 15 is 0 Å². The first-order valence-corrected chi connectivity index (χ1v) is 10.9. The van der Waals surface area contributed by atoms with Crippen molar-refractivity contribution < 1.29 is 13.9 Å². The Morgan fingerprint density at radius 2 is 1.91 bits per heavy atom. The number of rotatable bonds is 6. The number of ether oxygens (including phenoxy) is 1. The molecule has 0 aliphatic carbocycles. The van der Waals surface area contributed by atoms with E-state index in [1.165, 1.54) is 6.08 Å². The van der Waals surface area contributed by atoms with Crippen molar-refractivity contribution in [1.82, 2.24) is 14.8 Å². The fourth-order valence-corrected chi connectivity index (χ4v) is 3.86. The molecule has 0 amide bonds. The summed E-state index contributed by atoms with van der Waals surface area (Å²) in [6.07, 6.45) is 1.48. The minimum absolute atomic E-state index is 0.123. The average Bonchev–Trinajstić information content (AvgIpc) is 3.42. The van der Waals surface area contributed by atoms with Crippen LogP contribution in [0.2, 0.25) is 10.0 Å². The Hall–Kier alpha value is -3.86. The summed E-state index contributed by atoms with van der Waals surface area (Å²) in [5.41, 5.74) is 3.60. The van der Waals surface area contributed by atoms with Crippen molar-refractivity contribution in [2.45, 2.75) is 20.5 Å². The minimum atomic E-state index is -0.799. The largest absolute Gasteiger partial charge is 0.451 e. The second-order valence-electron chi connectivity index (χ2n) is 7.35. The summed E-state index contributed by atoms with van der Waals surface area (Å²) in [5, 5.41) is 18.2. The van der Waals surface area contributed by atoms with Gasteiger partial charge in [0.05, 0.1) is 15.7 Å². The van der Waals surface area contributed by atoms with Gasteiger partial charge in [-0.2, -0.15) is 5.26 Å². The normalized spacial score (nSPS) is 11.3. The van der Waals surface area contributed by atoms with Crippen molar-refractivity contribution >= 4 is 35.2 Å². The molecule has 34 heavy (non-hydrogen) atoms. The Bertz CT molecular complexity index is 1430. The smallest absolute Gasteiger partial charge is 0.349 e. The third kappa shape index (κ3) is 4.74. The molecular formula is C25H18Cl2N4O3. The summed E-state index contributed by atoms with van der Waals surface area (Å²) >= 11 is 12.6. The molecule has 0 spiro atoms. The highest BCUT2D eigenvalue weighted by molar-refractivity contribution is 6.43. The van der Waals surface area contributed by atoms with Crippen molar-refractivity contribution in [1.29, 1.82) is 5.26 Å². The number of nitriles is 1. The molecule has 0 saturated carbocycles. The van der Waals surface area contributed by atoms with Crippen LogP contribution in [0.15, 0.2) is 64.6 Å². The molecule has 0 unspecified atom stereocenters. The summed E-state index contributed by atoms with van der Waals surface area (Å²) in [4.78, 5) is 12.6. The summed E-state index contributed by atoms with van der Waals surface area (Å²) in [6, 6.07) is 18.3. The van der Waals surface area contributed by atoms with Gasteiger partial charge in [0, 0.05) is 17.0 Å². The molecule has 2 aromatic heterocycles. The number of esters is 1. The number of hydrogen-bond acceptors (Lipinski definition) is 6. The van der Waals surface area contributed by atoms with E-state index in [-0.39, 0.29) is 18.1 Å². The zero-order chi connectivity index (χ0) is 24.2. The quantitative estimate of drug-likeness (QED) is 0.183. The SMILES string of the molecule is Cc1cc(/C=C(/C#N)C(=O)OCc2nnc(-c3ccccc3)o2)c(C)n1-c1cccc(Cl)c1Cl. The fourth-order valence-electron chi connectivity index (χ4n) is 3.48. The van der Waals surface area contributed by atoms with E-state index in [0.29, 0.717) is 27.2 Å². The van der Waals surface area contributed by atoms with Crippen LogP contribution in [-0.2, 0) is 16.1 Å². The average molecular weight is 493 g/mol. The first-order chi connectivity index (χ1) is 16.4. The third-order valence-electron chi connectivity index (χ3n) is 5.10. The lowest BCUT2D eigenvalue weighted by Crippen LogP contribution is -2.07. The van der Waals surface area contributed by atoms with Gasteiger partial charge in [0.25, 0.3) is 5.89 Å². The maximum atomic E-state index is 12.6. The molecule has 9 heteroatoms. The summed E-state index contributed by atoms with van der Waals surface area (Å²) in [5.74, 6) is -0.361. The van der Waals surface area contributed by atoms with Crippen molar-refractivity contribution in [3.63, 3.8) is 0 Å². The van der Waals surface area contributed by atoms with Crippen LogP contribution in [0.5, 0.6) is 0 Å². The highest BCUT2D eigenvalue weighted by Crippen LogP contribution is 2.32. The van der Waals surface area contributed by atoms with Crippen LogP contribution in [-0.4, -0.2) is 20.7 Å². The van der Waals surface area contributed by atoms with Crippen molar-refractivity contribution in [2.24, 2.45) is 0 Å². The number of aryl methyl sites for hydroxylation is 1. The van der Waals surface area contributed by atoms with E-state index in [1.54, 1.807) is 12.1 Å². The second-order valence-corrected chi connectivity index (χ2v) is 8.13. The first-order valence-electron chi connectivity index (χ1n) is 10.2. The summed E-state index contributed by atoms with van der Waals surface area (Å²) < 4.78 is 12.7. The molecule has 2 heterocycles. The lowest BCUT2D eigenvalue weighted by atomic mass is 10.1. The Kier molecular flexibility index (Phi) is 6.82. The molecule has 0 fully saturated rings. The molecule has 170 valence electrons. The Morgan fingerprint density at radius 1 is 1.15 bits per heavy atom. The van der Waals surface area contributed by atoms with Crippen molar-refractivity contribution in [3.8, 4) is 23.2 Å². The van der Waals surface area contributed by atoms with Gasteiger partial charge < -0.3 is 13.7 Å². The third-order valence-corrected chi connectivity index (χ3v) is 5.91. The van der Waals surface area contributed by atoms with Crippen LogP contribution >= 0.6 is 23.2 Å². The van der Waals surface area contributed by atoms with Gasteiger partial charge in [-0.3, -0.25) is 0 Å². The molecule has 7 nitrogen and oxygen atoms in total. The van der Waals surface area contributed by atoms with E-state index in [2.05, 4.69) is 10.2 Å². The highest BCUT2D eigenvalue weighted by Gasteiger charge is 2.18. The van der Waals surface area contributed by atoms with E-state index in [1.807, 2.05) is 66.9 Å². The number of carbonyl (C=O) groups excluding carboxylic acids is 1. The maximum absolute atomic E-state index is 12.6. The van der Waals surface area contributed by atoms with E-state index in [4.69, 9.17) is 32.4 Å². The van der Waals surface area contributed by atoms with Gasteiger partial charge in [0.2, 0.25) is 5.89 Å². The topological polar surface area (TPSA) is 93.9 Å². The molecular weight excluding hydrogens is 475 g/mol. The van der Waals surface area contributed by atoms with Crippen LogP contribution < -0.4 is 0 Å². The van der Waals surface area contributed by atoms with Gasteiger partial charge in [-0.25, -0.2) is 4.79 Å². The predicted molar refractivity (Wildman–Crippen MR) is 128 cm³/mol. The van der Waals surface area contributed by atoms with Crippen LogP contribution in [0.4, 0.5) is 0 Å². The number of aromatic nitrogens is 3. The van der Waals surface area contributed by atoms with Gasteiger partial charge in [-0.05, 0) is 55.8 Å². The molecule has 0 bridgehead atoms. The number of carbonyl (C=O) groups is 1. The summed E-state index contributed by atoms with van der Waals surface area (Å²) in [7, 11) is 0. The molecule has 0 aliphatic heterocycles. The Morgan fingerprint density at radius 3 is 2.65 bits per heavy atom. The number of benzene rings is 2. The van der Waals surface area contributed by atoms with Crippen molar-refractivity contribution in [3.05, 3.63) is 93.1 Å². The highest BCUT2D eigenvalue weighted by atomic mass is 35.5. The van der Waals surface area contributed by atoms with E-state index in [0.717, 1.165) is 17.0 Å². The van der Waals surface area contributed by atoms with Crippen LogP contribution in [0.1, 0.15) is 22.8 Å². The molecule has 0 aliphatic rings. The number of hydrogen-bond donors (Lipinski definition) is 0. The van der Waals surface area contributed by atoms with Gasteiger partial charge in [0.1, 0.15) is 11.6 Å². The van der Waals surface area contributed by atoms with Gasteiger partial charge in [0.15, 0.2) is 6.61 Å². The van der Waals surface area contributed by atoms with Gasteiger partial charge in [-0.1, -0.05) is 47.5 Å². The molecule has 0 N–H and O–H groups in total. The van der Waals surface area contributed by atoms with Gasteiger partial charge >= 0.3 is 5.97 Å². The maximum Gasteiger partial charge on any atom is 0.349 e. The second kappa shape index (κ2) is 9.96. The zero-order valence-corrected chi connectivity index (χ0v) is 19.8. The Balaban J connectivity index is 1.53. The first kappa shape index (κ1) is 23.3. The molecule has 4 aromatic rings. The number of nitrogens with zero attached hydrogens (tertiary/aromatic N) is 4. The van der Waals surface area contributed by atoms with Crippen LogP contribution in [0.3, 0.4) is 0 Å². The molecule has 0 saturated heterocycles. The van der Waals surface area contributed by atoms with E-state index < -0.39 is 5.97 Å². The predicted octanol–water partition coefficient (Wildman–Crippen LogP) is 6.10. The van der Waals surface area contributed by atoms with Crippen molar-refractivity contribution in [2.75, 3.05) is 0 Å². The fraction of sp³-hybridized carbons (Fsp3) is 0.120. The minimum Gasteiger partial charge on any atom is -0.451 e. The van der Waals surface area contributed by atoms with Crippen LogP contribution in [0.25, 0.3) is 23.2 Å². The lowest BCUT2D eigenvalue weighted by molar-refractivity contribution is -0.140. The van der Waals surface area contributed by atoms with E-state index in [9.17, 15) is 10.1 Å². The standard InChI is InChI=1S/C25H18Cl2N4O3/c1-15-11-18(16(2)31(15)21-10-6-9-20(26)23(21)27)12-19(13-28)25(32)33-14-22-29-30-24(34-22)17-7-4-3-5-8-17/h3-12H,14H2,1-2H3/b19-12-. The monoisotopic (exact) mass is 492 g/mol. The molecule has 0 atom stereocenters.